The van der Waals surface area contributed by atoms with Gasteiger partial charge in [0.05, 0.1) is 6.61 Å². The fraction of sp³-hybridized carbons (Fsp3) is 0.474. The Morgan fingerprint density at radius 3 is 2.46 bits per heavy atom. The highest BCUT2D eigenvalue weighted by molar-refractivity contribution is 5.60. The van der Waals surface area contributed by atoms with Crippen molar-refractivity contribution in [2.24, 2.45) is 0 Å². The van der Waals surface area contributed by atoms with E-state index in [4.69, 9.17) is 13.8 Å². The molecule has 26 heavy (non-hydrogen) atoms. The Bertz CT molecular complexity index is 888. The Labute approximate surface area is 151 Å². The first-order valence-electron chi connectivity index (χ1n) is 8.97. The van der Waals surface area contributed by atoms with Crippen molar-refractivity contribution in [2.45, 2.75) is 52.4 Å². The summed E-state index contributed by atoms with van der Waals surface area (Å²) in [7, 11) is 0. The zero-order valence-corrected chi connectivity index (χ0v) is 15.3. The summed E-state index contributed by atoms with van der Waals surface area (Å²) in [4.78, 5) is 8.72. The minimum Gasteiger partial charge on any atom is -0.493 e. The van der Waals surface area contributed by atoms with Crippen LogP contribution in [-0.4, -0.2) is 26.9 Å². The highest BCUT2D eigenvalue weighted by Gasteiger charge is 2.29. The molecular weight excluding hydrogens is 332 g/mol. The van der Waals surface area contributed by atoms with E-state index in [1.807, 2.05) is 26.0 Å². The van der Waals surface area contributed by atoms with Crippen LogP contribution in [0.1, 0.15) is 53.9 Å². The van der Waals surface area contributed by atoms with Crippen molar-refractivity contribution in [1.29, 1.82) is 0 Å². The Kier molecular flexibility index (Phi) is 4.44. The molecule has 0 aliphatic heterocycles. The first-order valence-corrected chi connectivity index (χ1v) is 8.97. The third kappa shape index (κ3) is 3.61. The molecule has 0 radical (unpaired) electrons. The molecule has 0 saturated heterocycles. The molecule has 1 aromatic carbocycles. The molecule has 0 amide bonds. The predicted octanol–water partition coefficient (Wildman–Crippen LogP) is 3.93. The second kappa shape index (κ2) is 6.90. The topological polar surface area (TPSA) is 87.1 Å². The Balaban J connectivity index is 1.35. The molecule has 136 valence electrons. The van der Waals surface area contributed by atoms with Gasteiger partial charge in [0.15, 0.2) is 5.82 Å². The van der Waals surface area contributed by atoms with Crippen LogP contribution in [-0.2, 0) is 6.42 Å². The summed E-state index contributed by atoms with van der Waals surface area (Å²) >= 11 is 0. The van der Waals surface area contributed by atoms with Crippen molar-refractivity contribution >= 4 is 0 Å². The third-order valence-electron chi connectivity index (χ3n) is 4.45. The van der Waals surface area contributed by atoms with Gasteiger partial charge in [-0.05, 0) is 56.4 Å². The van der Waals surface area contributed by atoms with Crippen molar-refractivity contribution in [1.82, 2.24) is 20.3 Å². The lowest BCUT2D eigenvalue weighted by molar-refractivity contribution is 0.304. The van der Waals surface area contributed by atoms with Gasteiger partial charge in [-0.3, -0.25) is 0 Å². The van der Waals surface area contributed by atoms with Crippen LogP contribution in [0, 0.1) is 20.8 Å². The SMILES string of the molecule is Cc1nc(-c2cc(C)c(OCCCc3noc(C4CC4)n3)c(C)c2)no1. The van der Waals surface area contributed by atoms with Crippen LogP contribution in [0.4, 0.5) is 0 Å². The minimum absolute atomic E-state index is 0.499. The zero-order valence-electron chi connectivity index (χ0n) is 15.3. The molecule has 0 spiro atoms. The van der Waals surface area contributed by atoms with Crippen LogP contribution < -0.4 is 4.74 Å². The molecule has 4 rings (SSSR count). The molecule has 2 aromatic heterocycles. The zero-order chi connectivity index (χ0) is 18.1. The summed E-state index contributed by atoms with van der Waals surface area (Å²) in [5.74, 6) is 4.12. The predicted molar refractivity (Wildman–Crippen MR) is 94.0 cm³/mol. The van der Waals surface area contributed by atoms with Gasteiger partial charge in [-0.15, -0.1) is 0 Å². The van der Waals surface area contributed by atoms with Crippen molar-refractivity contribution in [3.05, 3.63) is 40.9 Å². The lowest BCUT2D eigenvalue weighted by Gasteiger charge is -2.13. The molecule has 0 atom stereocenters. The molecule has 7 heteroatoms. The standard InChI is InChI=1S/C19H22N4O3/c1-11-9-15(18-20-13(3)25-23-18)10-12(2)17(11)24-8-4-5-16-21-19(26-22-16)14-6-7-14/h9-10,14H,4-8H2,1-3H3. The van der Waals surface area contributed by atoms with Gasteiger partial charge in [0.25, 0.3) is 0 Å². The van der Waals surface area contributed by atoms with Crippen molar-refractivity contribution < 1.29 is 13.8 Å². The minimum atomic E-state index is 0.499. The molecule has 1 aliphatic rings. The van der Waals surface area contributed by atoms with E-state index in [1.165, 1.54) is 12.8 Å². The van der Waals surface area contributed by atoms with Crippen molar-refractivity contribution in [3.8, 4) is 17.1 Å². The third-order valence-corrected chi connectivity index (χ3v) is 4.45. The van der Waals surface area contributed by atoms with Crippen LogP contribution in [0.3, 0.4) is 0 Å². The second-order valence-electron chi connectivity index (χ2n) is 6.85. The average molecular weight is 354 g/mol. The second-order valence-corrected chi connectivity index (χ2v) is 6.85. The number of hydrogen-bond donors (Lipinski definition) is 0. The van der Waals surface area contributed by atoms with Crippen LogP contribution in [0.5, 0.6) is 5.75 Å². The van der Waals surface area contributed by atoms with Crippen LogP contribution in [0.25, 0.3) is 11.4 Å². The summed E-state index contributed by atoms with van der Waals surface area (Å²) in [5.41, 5.74) is 3.04. The van der Waals surface area contributed by atoms with Gasteiger partial charge in [0, 0.05) is 24.8 Å². The summed E-state index contributed by atoms with van der Waals surface area (Å²) in [6.45, 7) is 6.44. The van der Waals surface area contributed by atoms with E-state index in [-0.39, 0.29) is 0 Å². The molecule has 2 heterocycles. The average Bonchev–Trinajstić information content (AvgIpc) is 3.19. The Morgan fingerprint density at radius 1 is 1.04 bits per heavy atom. The molecule has 0 N–H and O–H groups in total. The fourth-order valence-electron chi connectivity index (χ4n) is 2.99. The van der Waals surface area contributed by atoms with E-state index in [2.05, 4.69) is 20.3 Å². The number of rotatable bonds is 7. The number of aromatic nitrogens is 4. The molecule has 7 nitrogen and oxygen atoms in total. The summed E-state index contributed by atoms with van der Waals surface area (Å²) in [6.07, 6.45) is 3.94. The van der Waals surface area contributed by atoms with E-state index in [0.29, 0.717) is 24.2 Å². The molecule has 3 aromatic rings. The molecule has 1 saturated carbocycles. The van der Waals surface area contributed by atoms with Crippen molar-refractivity contribution in [3.63, 3.8) is 0 Å². The smallest absolute Gasteiger partial charge is 0.229 e. The summed E-state index contributed by atoms with van der Waals surface area (Å²) in [6, 6.07) is 4.04. The maximum absolute atomic E-state index is 6.00. The lowest BCUT2D eigenvalue weighted by Crippen LogP contribution is -2.03. The van der Waals surface area contributed by atoms with E-state index in [0.717, 1.165) is 47.0 Å². The maximum Gasteiger partial charge on any atom is 0.229 e. The highest BCUT2D eigenvalue weighted by atomic mass is 16.5. The van der Waals surface area contributed by atoms with Gasteiger partial charge >= 0.3 is 0 Å². The maximum atomic E-state index is 6.00. The molecule has 1 aliphatic carbocycles. The molecule has 1 fully saturated rings. The monoisotopic (exact) mass is 354 g/mol. The number of hydrogen-bond acceptors (Lipinski definition) is 7. The number of nitrogens with zero attached hydrogens (tertiary/aromatic N) is 4. The Morgan fingerprint density at radius 2 is 1.81 bits per heavy atom. The quantitative estimate of drug-likeness (QED) is 0.594. The van der Waals surface area contributed by atoms with Gasteiger partial charge in [0.2, 0.25) is 17.6 Å². The van der Waals surface area contributed by atoms with Crippen LogP contribution in [0.2, 0.25) is 0 Å². The number of ether oxygens (including phenoxy) is 1. The van der Waals surface area contributed by atoms with Crippen LogP contribution >= 0.6 is 0 Å². The highest BCUT2D eigenvalue weighted by Crippen LogP contribution is 2.38. The van der Waals surface area contributed by atoms with E-state index in [1.54, 1.807) is 6.92 Å². The first-order chi connectivity index (χ1) is 12.6. The Hall–Kier alpha value is -2.70. The fourth-order valence-corrected chi connectivity index (χ4v) is 2.99. The van der Waals surface area contributed by atoms with Gasteiger partial charge in [-0.2, -0.15) is 9.97 Å². The van der Waals surface area contributed by atoms with Crippen molar-refractivity contribution in [2.75, 3.05) is 6.61 Å². The van der Waals surface area contributed by atoms with Crippen LogP contribution in [0.15, 0.2) is 21.2 Å². The largest absolute Gasteiger partial charge is 0.493 e. The van der Waals surface area contributed by atoms with Gasteiger partial charge < -0.3 is 13.8 Å². The molecule has 0 unspecified atom stereocenters. The lowest BCUT2D eigenvalue weighted by atomic mass is 10.1. The summed E-state index contributed by atoms with van der Waals surface area (Å²) in [5, 5.41) is 8.02. The molecular formula is C19H22N4O3. The summed E-state index contributed by atoms with van der Waals surface area (Å²) < 4.78 is 16.3. The van der Waals surface area contributed by atoms with E-state index in [9.17, 15) is 0 Å². The number of benzene rings is 1. The normalized spacial score (nSPS) is 14.0. The first kappa shape index (κ1) is 16.8. The van der Waals surface area contributed by atoms with E-state index >= 15 is 0 Å². The van der Waals surface area contributed by atoms with Gasteiger partial charge in [-0.25, -0.2) is 0 Å². The number of aryl methyl sites for hydroxylation is 4. The van der Waals surface area contributed by atoms with Gasteiger partial charge in [-0.1, -0.05) is 10.3 Å². The van der Waals surface area contributed by atoms with Gasteiger partial charge in [0.1, 0.15) is 5.75 Å². The van der Waals surface area contributed by atoms with E-state index < -0.39 is 0 Å². The molecule has 0 bridgehead atoms.